The quantitative estimate of drug-likeness (QED) is 0.644. The molecule has 5 nitrogen and oxygen atoms in total. The molecular weight excluding hydrogens is 228 g/mol. The van der Waals surface area contributed by atoms with Crippen LogP contribution in [0.2, 0.25) is 0 Å². The van der Waals surface area contributed by atoms with Crippen molar-refractivity contribution in [3.05, 3.63) is 0 Å². The molecule has 0 spiro atoms. The number of carbonyl (C=O) groups excluding carboxylic acids is 1. The third-order valence-electron chi connectivity index (χ3n) is 4.56. The minimum atomic E-state index is -0.0193. The molecule has 0 bridgehead atoms. The van der Waals surface area contributed by atoms with E-state index in [1.54, 1.807) is 0 Å². The van der Waals surface area contributed by atoms with Crippen LogP contribution in [-0.4, -0.2) is 73.1 Å². The largest absolute Gasteiger partial charge is 0.336 e. The number of fused-ring (bicyclic) bond motifs is 1. The molecule has 0 saturated carbocycles. The number of carbonyl (C=O) groups is 1. The molecule has 3 rings (SSSR count). The summed E-state index contributed by atoms with van der Waals surface area (Å²) in [6.45, 7) is 8.03. The van der Waals surface area contributed by atoms with E-state index < -0.39 is 0 Å². The molecular formula is C13H24N4O. The molecule has 0 aromatic rings. The third kappa shape index (κ3) is 2.27. The minimum absolute atomic E-state index is 0.0193. The van der Waals surface area contributed by atoms with E-state index in [9.17, 15) is 4.79 Å². The maximum absolute atomic E-state index is 12.6. The van der Waals surface area contributed by atoms with Crippen molar-refractivity contribution in [2.75, 3.05) is 39.3 Å². The van der Waals surface area contributed by atoms with Gasteiger partial charge in [0.25, 0.3) is 0 Å². The fraction of sp³-hybridized carbons (Fsp3) is 0.923. The van der Waals surface area contributed by atoms with Crippen LogP contribution in [0.15, 0.2) is 0 Å². The molecule has 3 aliphatic rings. The highest BCUT2D eigenvalue weighted by Gasteiger charge is 2.38. The lowest BCUT2D eigenvalue weighted by molar-refractivity contribution is -0.139. The van der Waals surface area contributed by atoms with Crippen molar-refractivity contribution in [3.63, 3.8) is 0 Å². The molecule has 3 unspecified atom stereocenters. The summed E-state index contributed by atoms with van der Waals surface area (Å²) in [5, 5.41) is 6.62. The number of hydrogen-bond acceptors (Lipinski definition) is 4. The zero-order valence-electron chi connectivity index (χ0n) is 11.2. The summed E-state index contributed by atoms with van der Waals surface area (Å²) >= 11 is 0. The van der Waals surface area contributed by atoms with Crippen LogP contribution in [0.3, 0.4) is 0 Å². The molecule has 0 aliphatic carbocycles. The van der Waals surface area contributed by atoms with Crippen LogP contribution < -0.4 is 10.6 Å². The minimum Gasteiger partial charge on any atom is -0.336 e. The molecule has 3 fully saturated rings. The number of amides is 1. The topological polar surface area (TPSA) is 47.6 Å². The van der Waals surface area contributed by atoms with Crippen molar-refractivity contribution in [3.8, 4) is 0 Å². The van der Waals surface area contributed by atoms with Gasteiger partial charge in [0.15, 0.2) is 0 Å². The standard InChI is InChI=1S/C13H24N4O/c1-10-8-16-6-2-3-11(16)9-17(10)13(18)12-7-14-4-5-15-12/h10-12,14-15H,2-9H2,1H3. The van der Waals surface area contributed by atoms with Crippen LogP contribution in [0.25, 0.3) is 0 Å². The van der Waals surface area contributed by atoms with Crippen molar-refractivity contribution in [1.82, 2.24) is 20.4 Å². The van der Waals surface area contributed by atoms with Gasteiger partial charge in [-0.3, -0.25) is 9.69 Å². The van der Waals surface area contributed by atoms with Crippen LogP contribution in [-0.2, 0) is 4.79 Å². The fourth-order valence-electron chi connectivity index (χ4n) is 3.52. The van der Waals surface area contributed by atoms with E-state index in [1.807, 2.05) is 0 Å². The number of rotatable bonds is 1. The van der Waals surface area contributed by atoms with Crippen LogP contribution in [0.5, 0.6) is 0 Å². The Morgan fingerprint density at radius 1 is 1.28 bits per heavy atom. The molecule has 3 heterocycles. The zero-order valence-corrected chi connectivity index (χ0v) is 11.2. The average molecular weight is 252 g/mol. The Hall–Kier alpha value is -0.650. The van der Waals surface area contributed by atoms with Crippen molar-refractivity contribution < 1.29 is 4.79 Å². The van der Waals surface area contributed by atoms with Gasteiger partial charge in [-0.1, -0.05) is 0 Å². The second-order valence-electron chi connectivity index (χ2n) is 5.84. The summed E-state index contributed by atoms with van der Waals surface area (Å²) in [5.41, 5.74) is 0. The normalized spacial score (nSPS) is 37.6. The molecule has 5 heteroatoms. The summed E-state index contributed by atoms with van der Waals surface area (Å²) < 4.78 is 0. The molecule has 1 amide bonds. The Bertz CT molecular complexity index is 316. The monoisotopic (exact) mass is 252 g/mol. The summed E-state index contributed by atoms with van der Waals surface area (Å²) in [7, 11) is 0. The summed E-state index contributed by atoms with van der Waals surface area (Å²) in [6.07, 6.45) is 2.55. The Labute approximate surface area is 109 Å². The second kappa shape index (κ2) is 5.15. The van der Waals surface area contributed by atoms with Crippen LogP contribution in [0, 0.1) is 0 Å². The Morgan fingerprint density at radius 2 is 2.17 bits per heavy atom. The molecule has 18 heavy (non-hydrogen) atoms. The van der Waals surface area contributed by atoms with E-state index in [0.717, 1.165) is 32.7 Å². The van der Waals surface area contributed by atoms with E-state index in [-0.39, 0.29) is 6.04 Å². The van der Waals surface area contributed by atoms with Gasteiger partial charge in [0.1, 0.15) is 0 Å². The molecule has 0 radical (unpaired) electrons. The van der Waals surface area contributed by atoms with Gasteiger partial charge in [0.05, 0.1) is 6.04 Å². The molecule has 3 aliphatic heterocycles. The van der Waals surface area contributed by atoms with Gasteiger partial charge < -0.3 is 15.5 Å². The van der Waals surface area contributed by atoms with Crippen molar-refractivity contribution in [2.45, 2.75) is 37.9 Å². The summed E-state index contributed by atoms with van der Waals surface area (Å²) in [6, 6.07) is 0.950. The van der Waals surface area contributed by atoms with E-state index in [1.165, 1.54) is 19.4 Å². The Kier molecular flexibility index (Phi) is 3.54. The van der Waals surface area contributed by atoms with Gasteiger partial charge in [0, 0.05) is 44.8 Å². The molecule has 0 aromatic heterocycles. The van der Waals surface area contributed by atoms with E-state index >= 15 is 0 Å². The number of nitrogens with zero attached hydrogens (tertiary/aromatic N) is 2. The lowest BCUT2D eigenvalue weighted by Crippen LogP contribution is -2.63. The van der Waals surface area contributed by atoms with Gasteiger partial charge in [-0.25, -0.2) is 0 Å². The first kappa shape index (κ1) is 12.4. The van der Waals surface area contributed by atoms with Gasteiger partial charge in [-0.15, -0.1) is 0 Å². The molecule has 3 atom stereocenters. The number of piperazine rings is 2. The number of nitrogens with one attached hydrogen (secondary N) is 2. The van der Waals surface area contributed by atoms with Crippen LogP contribution >= 0.6 is 0 Å². The lowest BCUT2D eigenvalue weighted by Gasteiger charge is -2.44. The zero-order chi connectivity index (χ0) is 12.5. The van der Waals surface area contributed by atoms with Gasteiger partial charge in [-0.05, 0) is 26.3 Å². The highest BCUT2D eigenvalue weighted by Crippen LogP contribution is 2.24. The fourth-order valence-corrected chi connectivity index (χ4v) is 3.52. The van der Waals surface area contributed by atoms with E-state index in [4.69, 9.17) is 0 Å². The van der Waals surface area contributed by atoms with E-state index in [2.05, 4.69) is 27.4 Å². The Morgan fingerprint density at radius 3 is 2.94 bits per heavy atom. The lowest BCUT2D eigenvalue weighted by atomic mass is 10.1. The summed E-state index contributed by atoms with van der Waals surface area (Å²) in [5.74, 6) is 0.293. The smallest absolute Gasteiger partial charge is 0.241 e. The highest BCUT2D eigenvalue weighted by atomic mass is 16.2. The van der Waals surface area contributed by atoms with Gasteiger partial charge in [0.2, 0.25) is 5.91 Å². The number of hydrogen-bond donors (Lipinski definition) is 2. The predicted molar refractivity (Wildman–Crippen MR) is 70.4 cm³/mol. The Balaban J connectivity index is 1.65. The molecule has 0 aromatic carbocycles. The first-order valence-corrected chi connectivity index (χ1v) is 7.24. The average Bonchev–Trinajstić information content (AvgIpc) is 2.85. The van der Waals surface area contributed by atoms with Crippen LogP contribution in [0.1, 0.15) is 19.8 Å². The van der Waals surface area contributed by atoms with Crippen molar-refractivity contribution >= 4 is 5.91 Å². The summed E-state index contributed by atoms with van der Waals surface area (Å²) in [4.78, 5) is 17.2. The molecule has 2 N–H and O–H groups in total. The SMILES string of the molecule is CC1CN2CCCC2CN1C(=O)C1CNCCN1. The first-order valence-electron chi connectivity index (χ1n) is 7.24. The maximum atomic E-state index is 12.6. The third-order valence-corrected chi connectivity index (χ3v) is 4.56. The predicted octanol–water partition coefficient (Wildman–Crippen LogP) is -0.757. The maximum Gasteiger partial charge on any atom is 0.241 e. The van der Waals surface area contributed by atoms with Crippen LogP contribution in [0.4, 0.5) is 0 Å². The van der Waals surface area contributed by atoms with Crippen molar-refractivity contribution in [1.29, 1.82) is 0 Å². The first-order chi connectivity index (χ1) is 8.75. The molecule has 102 valence electrons. The van der Waals surface area contributed by atoms with Gasteiger partial charge >= 0.3 is 0 Å². The van der Waals surface area contributed by atoms with Crippen molar-refractivity contribution in [2.24, 2.45) is 0 Å². The van der Waals surface area contributed by atoms with Gasteiger partial charge in [-0.2, -0.15) is 0 Å². The molecule has 3 saturated heterocycles. The second-order valence-corrected chi connectivity index (χ2v) is 5.84. The highest BCUT2D eigenvalue weighted by molar-refractivity contribution is 5.82. The van der Waals surface area contributed by atoms with E-state index in [0.29, 0.717) is 18.0 Å².